The van der Waals surface area contributed by atoms with Gasteiger partial charge in [-0.3, -0.25) is 19.0 Å². The van der Waals surface area contributed by atoms with Gasteiger partial charge in [0.15, 0.2) is 5.65 Å². The molecule has 5 rings (SSSR count). The predicted octanol–water partition coefficient (Wildman–Crippen LogP) is 0.586. The molecule has 3 aromatic heterocycles. The highest BCUT2D eigenvalue weighted by molar-refractivity contribution is 7.08. The van der Waals surface area contributed by atoms with E-state index in [4.69, 9.17) is 4.74 Å². The number of carbonyl (C=O) groups excluding carboxylic acids is 2. The van der Waals surface area contributed by atoms with E-state index in [0.29, 0.717) is 21.4 Å². The molecule has 2 aliphatic rings. The molecule has 1 atom stereocenters. The molecule has 17 heteroatoms. The number of carboxylic acid groups (broad SMARTS) is 1. The molecule has 2 fully saturated rings. The van der Waals surface area contributed by atoms with E-state index in [1.54, 1.807) is 17.9 Å². The van der Waals surface area contributed by atoms with Crippen molar-refractivity contribution in [3.8, 4) is 5.13 Å². The molecular formula is C23H22F3N7O6S. The molecule has 0 saturated carbocycles. The number of anilines is 1. The van der Waals surface area contributed by atoms with E-state index in [1.807, 2.05) is 0 Å². The molecule has 0 aromatic carbocycles. The van der Waals surface area contributed by atoms with Crippen LogP contribution in [0.25, 0.3) is 16.2 Å². The summed E-state index contributed by atoms with van der Waals surface area (Å²) in [5.41, 5.74) is -0.427. The Hall–Kier alpha value is -4.12. The normalized spacial score (nSPS) is 18.1. The third kappa shape index (κ3) is 5.21. The van der Waals surface area contributed by atoms with Gasteiger partial charge in [-0.05, 0) is 18.6 Å². The predicted molar refractivity (Wildman–Crippen MR) is 134 cm³/mol. The van der Waals surface area contributed by atoms with Gasteiger partial charge in [-0.25, -0.2) is 14.8 Å². The van der Waals surface area contributed by atoms with E-state index in [0.717, 1.165) is 17.7 Å². The molecule has 2 amide bonds. The summed E-state index contributed by atoms with van der Waals surface area (Å²) >= 11 is 0.994. The molecule has 5 heterocycles. The Morgan fingerprint density at radius 1 is 1.25 bits per heavy atom. The summed E-state index contributed by atoms with van der Waals surface area (Å²) in [6, 6.07) is 1.63. The summed E-state index contributed by atoms with van der Waals surface area (Å²) in [5.74, 6) is -3.62. The SMILES string of the molecule is Cc1cc(N2CC(C(=O)NCC3CN(C(=O)C(F)(F)F)CCO3)C2)nc2c1c(=O)c(C(=O)O)cn2-c1ncns1. The number of carboxylic acids is 1. The van der Waals surface area contributed by atoms with E-state index in [2.05, 4.69) is 19.7 Å². The molecular weight excluding hydrogens is 559 g/mol. The second-order valence-electron chi connectivity index (χ2n) is 9.36. The van der Waals surface area contributed by atoms with Crippen molar-refractivity contribution in [2.24, 2.45) is 5.92 Å². The second kappa shape index (κ2) is 10.5. The minimum absolute atomic E-state index is 0.0513. The molecule has 3 aromatic rings. The molecule has 0 bridgehead atoms. The van der Waals surface area contributed by atoms with Crippen molar-refractivity contribution in [3.63, 3.8) is 0 Å². The number of ether oxygens (including phenoxy) is 1. The summed E-state index contributed by atoms with van der Waals surface area (Å²) in [7, 11) is 0. The Morgan fingerprint density at radius 3 is 2.65 bits per heavy atom. The largest absolute Gasteiger partial charge is 0.477 e. The number of hydrogen-bond donors (Lipinski definition) is 2. The average molecular weight is 582 g/mol. The van der Waals surface area contributed by atoms with Crippen molar-refractivity contribution in [1.82, 2.24) is 29.1 Å². The summed E-state index contributed by atoms with van der Waals surface area (Å²) < 4.78 is 48.9. The van der Waals surface area contributed by atoms with E-state index in [1.165, 1.54) is 10.9 Å². The summed E-state index contributed by atoms with van der Waals surface area (Å²) in [6.45, 7) is 1.64. The van der Waals surface area contributed by atoms with Crippen LogP contribution in [-0.2, 0) is 14.3 Å². The topological polar surface area (TPSA) is 160 Å². The molecule has 212 valence electrons. The number of rotatable bonds is 6. The van der Waals surface area contributed by atoms with E-state index in [9.17, 15) is 37.5 Å². The van der Waals surface area contributed by atoms with Crippen LogP contribution in [0.3, 0.4) is 0 Å². The lowest BCUT2D eigenvalue weighted by atomic mass is 9.98. The van der Waals surface area contributed by atoms with Gasteiger partial charge in [-0.1, -0.05) is 0 Å². The molecule has 2 saturated heterocycles. The monoisotopic (exact) mass is 581 g/mol. The Bertz CT molecular complexity index is 1540. The van der Waals surface area contributed by atoms with Crippen LogP contribution in [0.4, 0.5) is 19.0 Å². The number of nitrogens with zero attached hydrogens (tertiary/aromatic N) is 6. The van der Waals surface area contributed by atoms with Crippen molar-refractivity contribution in [2.45, 2.75) is 19.2 Å². The van der Waals surface area contributed by atoms with Crippen LogP contribution in [-0.4, -0.2) is 98.3 Å². The van der Waals surface area contributed by atoms with Crippen molar-refractivity contribution in [3.05, 3.63) is 39.9 Å². The number of fused-ring (bicyclic) bond motifs is 1. The lowest BCUT2D eigenvalue weighted by Gasteiger charge is -2.40. The zero-order valence-corrected chi connectivity index (χ0v) is 21.7. The number of morpholine rings is 1. The zero-order chi connectivity index (χ0) is 28.8. The smallest absolute Gasteiger partial charge is 0.471 e. The number of pyridine rings is 2. The van der Waals surface area contributed by atoms with Crippen LogP contribution < -0.4 is 15.6 Å². The highest BCUT2D eigenvalue weighted by atomic mass is 32.1. The van der Waals surface area contributed by atoms with Gasteiger partial charge in [-0.15, -0.1) is 0 Å². The van der Waals surface area contributed by atoms with Gasteiger partial charge < -0.3 is 25.0 Å². The Labute approximate surface area is 227 Å². The minimum atomic E-state index is -4.97. The van der Waals surface area contributed by atoms with Crippen LogP contribution in [0, 0.1) is 12.8 Å². The third-order valence-electron chi connectivity index (χ3n) is 6.68. The van der Waals surface area contributed by atoms with Crippen molar-refractivity contribution in [2.75, 3.05) is 44.2 Å². The van der Waals surface area contributed by atoms with Gasteiger partial charge in [0.2, 0.25) is 16.5 Å². The molecule has 1 unspecified atom stereocenters. The first-order chi connectivity index (χ1) is 18.9. The lowest BCUT2D eigenvalue weighted by molar-refractivity contribution is -0.191. The van der Waals surface area contributed by atoms with Gasteiger partial charge in [0.25, 0.3) is 0 Å². The first-order valence-electron chi connectivity index (χ1n) is 12.0. The fourth-order valence-electron chi connectivity index (χ4n) is 4.61. The number of aryl methyl sites for hydroxylation is 1. The van der Waals surface area contributed by atoms with Gasteiger partial charge in [0.05, 0.1) is 24.0 Å². The fraction of sp³-hybridized carbons (Fsp3) is 0.435. The Morgan fingerprint density at radius 2 is 2.00 bits per heavy atom. The third-order valence-corrected chi connectivity index (χ3v) is 7.34. The standard InChI is InChI=1S/C23H22F3N7O6S/c1-11-4-15(30-18-16(11)17(34)14(20(36)37)9-33(18)22-28-10-29-40-22)32-6-12(7-32)19(35)27-5-13-8-31(2-3-39-13)21(38)23(24,25)26/h4,9-10,12-13H,2-3,5-8H2,1H3,(H,27,35)(H,36,37). The van der Waals surface area contributed by atoms with Crippen molar-refractivity contribution in [1.29, 1.82) is 0 Å². The molecule has 0 aliphatic carbocycles. The summed E-state index contributed by atoms with van der Waals surface area (Å²) in [6.07, 6.45) is -3.28. The van der Waals surface area contributed by atoms with Crippen LogP contribution in [0.2, 0.25) is 0 Å². The van der Waals surface area contributed by atoms with Crippen LogP contribution in [0.15, 0.2) is 23.4 Å². The van der Waals surface area contributed by atoms with E-state index < -0.39 is 41.1 Å². The fourth-order valence-corrected chi connectivity index (χ4v) is 5.12. The quantitative estimate of drug-likeness (QED) is 0.422. The van der Waals surface area contributed by atoms with Crippen LogP contribution >= 0.6 is 11.5 Å². The molecule has 0 radical (unpaired) electrons. The number of aromatic nitrogens is 4. The molecule has 2 N–H and O–H groups in total. The maximum Gasteiger partial charge on any atom is 0.471 e. The van der Waals surface area contributed by atoms with Gasteiger partial charge in [0, 0.05) is 50.5 Å². The number of aromatic carboxylic acids is 1. The molecule has 13 nitrogen and oxygen atoms in total. The molecule has 40 heavy (non-hydrogen) atoms. The maximum atomic E-state index is 12.9. The molecule has 2 aliphatic heterocycles. The Balaban J connectivity index is 1.27. The number of carbonyl (C=O) groups is 3. The van der Waals surface area contributed by atoms with Crippen LogP contribution in [0.5, 0.6) is 0 Å². The average Bonchev–Trinajstić information content (AvgIpc) is 3.40. The number of amides is 2. The minimum Gasteiger partial charge on any atom is -0.477 e. The van der Waals surface area contributed by atoms with Crippen LogP contribution in [0.1, 0.15) is 15.9 Å². The van der Waals surface area contributed by atoms with Crippen molar-refractivity contribution < 1.29 is 37.4 Å². The number of alkyl halides is 3. The zero-order valence-electron chi connectivity index (χ0n) is 20.8. The number of hydrogen-bond acceptors (Lipinski definition) is 10. The summed E-state index contributed by atoms with van der Waals surface area (Å²) in [4.78, 5) is 59.9. The number of nitrogens with one attached hydrogen (secondary N) is 1. The number of halogens is 3. The van der Waals surface area contributed by atoms with E-state index >= 15 is 0 Å². The van der Waals surface area contributed by atoms with Gasteiger partial charge in [0.1, 0.15) is 17.7 Å². The maximum absolute atomic E-state index is 12.9. The van der Waals surface area contributed by atoms with Gasteiger partial charge >= 0.3 is 18.1 Å². The Kier molecular flexibility index (Phi) is 7.17. The highest BCUT2D eigenvalue weighted by Gasteiger charge is 2.44. The second-order valence-corrected chi connectivity index (χ2v) is 10.1. The lowest BCUT2D eigenvalue weighted by Crippen LogP contribution is -2.56. The highest BCUT2D eigenvalue weighted by Crippen LogP contribution is 2.28. The van der Waals surface area contributed by atoms with Crippen molar-refractivity contribution >= 4 is 46.2 Å². The van der Waals surface area contributed by atoms with E-state index in [-0.39, 0.29) is 56.3 Å². The summed E-state index contributed by atoms with van der Waals surface area (Å²) in [5, 5.41) is 12.6. The molecule has 0 spiro atoms. The first kappa shape index (κ1) is 27.4. The van der Waals surface area contributed by atoms with Gasteiger partial charge in [-0.2, -0.15) is 17.5 Å². The first-order valence-corrected chi connectivity index (χ1v) is 12.8.